The zero-order valence-electron chi connectivity index (χ0n) is 13.8. The van der Waals surface area contributed by atoms with E-state index in [9.17, 15) is 0 Å². The highest BCUT2D eigenvalue weighted by Crippen LogP contribution is 2.32. The van der Waals surface area contributed by atoms with Crippen molar-refractivity contribution in [3.8, 4) is 0 Å². The van der Waals surface area contributed by atoms with Gasteiger partial charge in [-0.2, -0.15) is 0 Å². The highest BCUT2D eigenvalue weighted by molar-refractivity contribution is 5.63. The number of benzene rings is 1. The van der Waals surface area contributed by atoms with Gasteiger partial charge in [0, 0.05) is 44.1 Å². The van der Waals surface area contributed by atoms with E-state index < -0.39 is 0 Å². The molecule has 0 bridgehead atoms. The highest BCUT2D eigenvalue weighted by atomic mass is 15.2. The number of anilines is 2. The Hall–Kier alpha value is -1.22. The molecule has 3 atom stereocenters. The van der Waals surface area contributed by atoms with Crippen LogP contribution in [0.3, 0.4) is 0 Å². The van der Waals surface area contributed by atoms with Crippen LogP contribution in [-0.4, -0.2) is 39.8 Å². The molecule has 0 spiro atoms. The van der Waals surface area contributed by atoms with Gasteiger partial charge in [0.05, 0.1) is 0 Å². The van der Waals surface area contributed by atoms with Crippen molar-refractivity contribution in [3.05, 3.63) is 23.8 Å². The molecule has 0 amide bonds. The Kier molecular flexibility index (Phi) is 4.59. The fourth-order valence-electron chi connectivity index (χ4n) is 3.39. The van der Waals surface area contributed by atoms with Crippen LogP contribution in [0.2, 0.25) is 0 Å². The molecule has 1 fully saturated rings. The molecular weight excluding hydrogens is 246 g/mol. The predicted molar refractivity (Wildman–Crippen MR) is 88.9 cm³/mol. The van der Waals surface area contributed by atoms with Gasteiger partial charge in [0.2, 0.25) is 0 Å². The van der Waals surface area contributed by atoms with Crippen LogP contribution in [0.15, 0.2) is 18.2 Å². The van der Waals surface area contributed by atoms with E-state index in [1.807, 2.05) is 0 Å². The SMILES string of the molecule is CNC1CCN(c2ccc(C)c(N(C)C)c2)C(C)C1C. The molecule has 3 heteroatoms. The van der Waals surface area contributed by atoms with Crippen molar-refractivity contribution in [2.45, 2.75) is 39.3 Å². The molecule has 1 saturated heterocycles. The monoisotopic (exact) mass is 275 g/mol. The van der Waals surface area contributed by atoms with E-state index in [2.05, 4.69) is 75.2 Å². The maximum atomic E-state index is 3.46. The lowest BCUT2D eigenvalue weighted by atomic mass is 9.86. The minimum absolute atomic E-state index is 0.568. The molecule has 3 nitrogen and oxygen atoms in total. The second-order valence-corrected chi connectivity index (χ2v) is 6.34. The normalized spacial score (nSPS) is 26.7. The first-order valence-electron chi connectivity index (χ1n) is 7.67. The van der Waals surface area contributed by atoms with E-state index in [0.717, 1.165) is 6.54 Å². The number of aryl methyl sites for hydroxylation is 1. The molecular formula is C17H29N3. The van der Waals surface area contributed by atoms with Crippen molar-refractivity contribution in [1.29, 1.82) is 0 Å². The number of rotatable bonds is 3. The average Bonchev–Trinajstić information content (AvgIpc) is 2.42. The molecule has 1 N–H and O–H groups in total. The largest absolute Gasteiger partial charge is 0.377 e. The van der Waals surface area contributed by atoms with Crippen molar-refractivity contribution >= 4 is 11.4 Å². The van der Waals surface area contributed by atoms with Gasteiger partial charge in [-0.1, -0.05) is 13.0 Å². The number of nitrogens with zero attached hydrogens (tertiary/aromatic N) is 2. The molecule has 0 aliphatic carbocycles. The van der Waals surface area contributed by atoms with Crippen LogP contribution in [0.25, 0.3) is 0 Å². The fourth-order valence-corrected chi connectivity index (χ4v) is 3.39. The number of hydrogen-bond acceptors (Lipinski definition) is 3. The first-order valence-corrected chi connectivity index (χ1v) is 7.67. The molecule has 2 rings (SSSR count). The Labute approximate surface area is 124 Å². The Balaban J connectivity index is 2.26. The molecule has 1 aromatic carbocycles. The summed E-state index contributed by atoms with van der Waals surface area (Å²) in [7, 11) is 6.32. The Morgan fingerprint density at radius 1 is 1.25 bits per heavy atom. The summed E-state index contributed by atoms with van der Waals surface area (Å²) in [5.74, 6) is 0.665. The zero-order chi connectivity index (χ0) is 14.9. The van der Waals surface area contributed by atoms with E-state index in [0.29, 0.717) is 18.0 Å². The standard InChI is InChI=1S/C17H29N3/c1-12-7-8-15(11-17(12)19(5)6)20-10-9-16(18-4)13(2)14(20)3/h7-8,11,13-14,16,18H,9-10H2,1-6H3. The van der Waals surface area contributed by atoms with Gasteiger partial charge >= 0.3 is 0 Å². The molecule has 20 heavy (non-hydrogen) atoms. The summed E-state index contributed by atoms with van der Waals surface area (Å²) in [6, 6.07) is 8.05. The maximum absolute atomic E-state index is 3.46. The molecule has 3 unspecified atom stereocenters. The van der Waals surface area contributed by atoms with Crippen LogP contribution in [0.1, 0.15) is 25.8 Å². The summed E-state index contributed by atoms with van der Waals surface area (Å²) in [5, 5.41) is 3.46. The number of hydrogen-bond donors (Lipinski definition) is 1. The first-order chi connectivity index (χ1) is 9.45. The van der Waals surface area contributed by atoms with Crippen LogP contribution in [0.5, 0.6) is 0 Å². The number of piperidine rings is 1. The molecule has 1 heterocycles. The summed E-state index contributed by atoms with van der Waals surface area (Å²) in [6.07, 6.45) is 1.22. The third-order valence-electron chi connectivity index (χ3n) is 4.95. The third kappa shape index (κ3) is 2.78. The smallest absolute Gasteiger partial charge is 0.0411 e. The van der Waals surface area contributed by atoms with Gasteiger partial charge < -0.3 is 15.1 Å². The lowest BCUT2D eigenvalue weighted by molar-refractivity contribution is 0.283. The van der Waals surface area contributed by atoms with Crippen LogP contribution in [-0.2, 0) is 0 Å². The van der Waals surface area contributed by atoms with Gasteiger partial charge in [0.25, 0.3) is 0 Å². The quantitative estimate of drug-likeness (QED) is 0.915. The third-order valence-corrected chi connectivity index (χ3v) is 4.95. The van der Waals surface area contributed by atoms with Gasteiger partial charge in [-0.05, 0) is 50.9 Å². The van der Waals surface area contributed by atoms with Crippen molar-refractivity contribution in [2.24, 2.45) is 5.92 Å². The molecule has 1 aromatic rings. The van der Waals surface area contributed by atoms with Crippen LogP contribution < -0.4 is 15.1 Å². The zero-order valence-corrected chi connectivity index (χ0v) is 13.8. The maximum Gasteiger partial charge on any atom is 0.0411 e. The van der Waals surface area contributed by atoms with Gasteiger partial charge in [0.1, 0.15) is 0 Å². The fraction of sp³-hybridized carbons (Fsp3) is 0.647. The average molecular weight is 275 g/mol. The summed E-state index contributed by atoms with van der Waals surface area (Å²) < 4.78 is 0. The van der Waals surface area contributed by atoms with Crippen molar-refractivity contribution < 1.29 is 0 Å². The van der Waals surface area contributed by atoms with E-state index in [1.54, 1.807) is 0 Å². The van der Waals surface area contributed by atoms with Gasteiger partial charge in [-0.3, -0.25) is 0 Å². The summed E-state index contributed by atoms with van der Waals surface area (Å²) in [5.41, 5.74) is 4.01. The molecule has 1 aliphatic heterocycles. The molecule has 0 aromatic heterocycles. The molecule has 0 radical (unpaired) electrons. The van der Waals surface area contributed by atoms with Gasteiger partial charge in [0.15, 0.2) is 0 Å². The van der Waals surface area contributed by atoms with Crippen molar-refractivity contribution in [2.75, 3.05) is 37.5 Å². The van der Waals surface area contributed by atoms with Gasteiger partial charge in [-0.15, -0.1) is 0 Å². The Morgan fingerprint density at radius 2 is 1.95 bits per heavy atom. The minimum atomic E-state index is 0.568. The van der Waals surface area contributed by atoms with E-state index in [-0.39, 0.29) is 0 Å². The van der Waals surface area contributed by atoms with E-state index in [1.165, 1.54) is 23.4 Å². The summed E-state index contributed by atoms with van der Waals surface area (Å²) >= 11 is 0. The second kappa shape index (κ2) is 6.04. The van der Waals surface area contributed by atoms with E-state index >= 15 is 0 Å². The second-order valence-electron chi connectivity index (χ2n) is 6.34. The molecule has 112 valence electrons. The first kappa shape index (κ1) is 15.2. The topological polar surface area (TPSA) is 18.5 Å². The van der Waals surface area contributed by atoms with Crippen LogP contribution in [0, 0.1) is 12.8 Å². The van der Waals surface area contributed by atoms with Crippen LogP contribution >= 0.6 is 0 Å². The summed E-state index contributed by atoms with van der Waals surface area (Å²) in [4.78, 5) is 4.76. The lowest BCUT2D eigenvalue weighted by Crippen LogP contribution is -2.52. The minimum Gasteiger partial charge on any atom is -0.377 e. The predicted octanol–water partition coefficient (Wildman–Crippen LogP) is 2.88. The highest BCUT2D eigenvalue weighted by Gasteiger charge is 2.31. The number of nitrogens with one attached hydrogen (secondary N) is 1. The van der Waals surface area contributed by atoms with Crippen LogP contribution in [0.4, 0.5) is 11.4 Å². The van der Waals surface area contributed by atoms with Crippen molar-refractivity contribution in [3.63, 3.8) is 0 Å². The lowest BCUT2D eigenvalue weighted by Gasteiger charge is -2.44. The van der Waals surface area contributed by atoms with E-state index in [4.69, 9.17) is 0 Å². The van der Waals surface area contributed by atoms with Gasteiger partial charge in [-0.25, -0.2) is 0 Å². The molecule has 0 saturated carbocycles. The summed E-state index contributed by atoms with van der Waals surface area (Å²) in [6.45, 7) is 8.02. The molecule has 1 aliphatic rings. The van der Waals surface area contributed by atoms with Crippen molar-refractivity contribution in [1.82, 2.24) is 5.32 Å². The Morgan fingerprint density at radius 3 is 2.55 bits per heavy atom. The Bertz CT molecular complexity index is 456.